The van der Waals surface area contributed by atoms with E-state index >= 15 is 0 Å². The highest BCUT2D eigenvalue weighted by Crippen LogP contribution is 2.33. The molecule has 1 heterocycles. The molecule has 0 aliphatic heterocycles. The highest BCUT2D eigenvalue weighted by molar-refractivity contribution is 7.91. The number of anilines is 1. The van der Waals surface area contributed by atoms with Crippen molar-refractivity contribution in [3.8, 4) is 5.75 Å². The van der Waals surface area contributed by atoms with Crippen molar-refractivity contribution in [1.82, 2.24) is 0 Å². The zero-order valence-corrected chi connectivity index (χ0v) is 17.7. The van der Waals surface area contributed by atoms with Crippen LogP contribution in [0.2, 0.25) is 0 Å². The number of hydrogen-bond acceptors (Lipinski definition) is 4. The van der Waals surface area contributed by atoms with E-state index in [0.29, 0.717) is 18.0 Å². The van der Waals surface area contributed by atoms with Crippen LogP contribution in [0.4, 0.5) is 5.69 Å². The van der Waals surface area contributed by atoms with Crippen molar-refractivity contribution in [2.75, 3.05) is 12.4 Å². The Morgan fingerprint density at radius 2 is 1.70 bits per heavy atom. The van der Waals surface area contributed by atoms with Crippen LogP contribution >= 0.6 is 0 Å². The molecule has 4 rings (SSSR count). The third kappa shape index (κ3) is 3.86. The summed E-state index contributed by atoms with van der Waals surface area (Å²) < 4.78 is 32.2. The second kappa shape index (κ2) is 8.16. The number of hydrogen-bond donors (Lipinski definition) is 1. The van der Waals surface area contributed by atoms with Gasteiger partial charge in [0.2, 0.25) is 15.4 Å². The third-order valence-electron chi connectivity index (χ3n) is 5.03. The smallest absolute Gasteiger partial charge is 0.214 e. The molecule has 4 aromatic rings. The number of H-pyrrole nitrogens is 1. The zero-order chi connectivity index (χ0) is 21.1. The summed E-state index contributed by atoms with van der Waals surface area (Å²) >= 11 is 0. The average molecular weight is 420 g/mol. The SMILES string of the molecule is COc1ccc2[nH+]cc(S(=O)(=O)c3ccccc3)c(NCc3ccc(C)cc3)c2c1. The molecule has 0 amide bonds. The maximum absolute atomic E-state index is 13.4. The Labute approximate surface area is 176 Å². The molecule has 0 aliphatic rings. The van der Waals surface area contributed by atoms with Gasteiger partial charge in [0.25, 0.3) is 0 Å². The Balaban J connectivity index is 1.86. The van der Waals surface area contributed by atoms with Gasteiger partial charge in [0.15, 0.2) is 11.1 Å². The van der Waals surface area contributed by atoms with Gasteiger partial charge in [-0.15, -0.1) is 0 Å². The second-order valence-corrected chi connectivity index (χ2v) is 9.01. The molecule has 0 atom stereocenters. The van der Waals surface area contributed by atoms with Gasteiger partial charge in [0.05, 0.1) is 23.1 Å². The number of aromatic amines is 1. The lowest BCUT2D eigenvalue weighted by Gasteiger charge is -2.14. The molecule has 0 fully saturated rings. The molecule has 0 unspecified atom stereocenters. The standard InChI is InChI=1S/C24H22N2O3S/c1-17-8-10-18(11-9-17)15-26-24-21-14-19(29-2)12-13-22(21)25-16-23(24)30(27,28)20-6-4-3-5-7-20/h3-14,16H,15H2,1-2H3,(H,25,26)/p+1. The van der Waals surface area contributed by atoms with Crippen LogP contribution in [0.1, 0.15) is 11.1 Å². The second-order valence-electron chi connectivity index (χ2n) is 7.10. The van der Waals surface area contributed by atoms with Crippen LogP contribution in [0.5, 0.6) is 5.75 Å². The van der Waals surface area contributed by atoms with Crippen molar-refractivity contribution in [2.45, 2.75) is 23.3 Å². The minimum absolute atomic E-state index is 0.196. The molecule has 30 heavy (non-hydrogen) atoms. The maximum atomic E-state index is 13.4. The van der Waals surface area contributed by atoms with E-state index in [1.54, 1.807) is 43.6 Å². The van der Waals surface area contributed by atoms with Crippen molar-refractivity contribution in [3.05, 3.63) is 90.1 Å². The molecular weight excluding hydrogens is 396 g/mol. The fourth-order valence-corrected chi connectivity index (χ4v) is 4.78. The first-order valence-corrected chi connectivity index (χ1v) is 11.1. The van der Waals surface area contributed by atoms with Gasteiger partial charge in [-0.25, -0.2) is 13.4 Å². The van der Waals surface area contributed by atoms with Crippen molar-refractivity contribution >= 4 is 26.4 Å². The quantitative estimate of drug-likeness (QED) is 0.502. The van der Waals surface area contributed by atoms with Crippen LogP contribution in [-0.2, 0) is 16.4 Å². The highest BCUT2D eigenvalue weighted by atomic mass is 32.2. The van der Waals surface area contributed by atoms with Gasteiger partial charge in [-0.1, -0.05) is 48.0 Å². The van der Waals surface area contributed by atoms with E-state index in [-0.39, 0.29) is 9.79 Å². The number of ether oxygens (including phenoxy) is 1. The summed E-state index contributed by atoms with van der Waals surface area (Å²) in [5.74, 6) is 0.656. The molecule has 2 N–H and O–H groups in total. The number of methoxy groups -OCH3 is 1. The van der Waals surface area contributed by atoms with Crippen molar-refractivity contribution < 1.29 is 18.1 Å². The van der Waals surface area contributed by atoms with Gasteiger partial charge in [0.1, 0.15) is 5.75 Å². The largest absolute Gasteiger partial charge is 0.497 e. The maximum Gasteiger partial charge on any atom is 0.214 e. The minimum Gasteiger partial charge on any atom is -0.497 e. The first kappa shape index (κ1) is 19.9. The minimum atomic E-state index is -3.73. The number of pyridine rings is 1. The highest BCUT2D eigenvalue weighted by Gasteiger charge is 2.26. The van der Waals surface area contributed by atoms with Gasteiger partial charge in [-0.05, 0) is 36.8 Å². The fourth-order valence-electron chi connectivity index (χ4n) is 3.35. The average Bonchev–Trinajstić information content (AvgIpc) is 2.78. The van der Waals surface area contributed by atoms with Gasteiger partial charge < -0.3 is 10.1 Å². The van der Waals surface area contributed by atoms with Gasteiger partial charge in [-0.2, -0.15) is 0 Å². The van der Waals surface area contributed by atoms with Gasteiger partial charge in [-0.3, -0.25) is 0 Å². The molecule has 0 aliphatic carbocycles. The lowest BCUT2D eigenvalue weighted by molar-refractivity contribution is -0.347. The summed E-state index contributed by atoms with van der Waals surface area (Å²) in [5, 5.41) is 4.11. The van der Waals surface area contributed by atoms with E-state index in [0.717, 1.165) is 16.5 Å². The van der Waals surface area contributed by atoms with Crippen LogP contribution in [0.15, 0.2) is 88.8 Å². The summed E-state index contributed by atoms with van der Waals surface area (Å²) in [5.41, 5.74) is 3.60. The van der Waals surface area contributed by atoms with Crippen LogP contribution in [-0.4, -0.2) is 15.5 Å². The lowest BCUT2D eigenvalue weighted by atomic mass is 10.1. The monoisotopic (exact) mass is 419 g/mol. The van der Waals surface area contributed by atoms with E-state index in [1.165, 1.54) is 5.56 Å². The van der Waals surface area contributed by atoms with Crippen molar-refractivity contribution in [3.63, 3.8) is 0 Å². The first-order valence-electron chi connectivity index (χ1n) is 9.61. The van der Waals surface area contributed by atoms with Crippen LogP contribution in [0, 0.1) is 6.92 Å². The number of fused-ring (bicyclic) bond motifs is 1. The van der Waals surface area contributed by atoms with Crippen LogP contribution < -0.4 is 15.0 Å². The van der Waals surface area contributed by atoms with Crippen molar-refractivity contribution in [1.29, 1.82) is 0 Å². The molecule has 0 radical (unpaired) electrons. The van der Waals surface area contributed by atoms with Gasteiger partial charge >= 0.3 is 0 Å². The summed E-state index contributed by atoms with van der Waals surface area (Å²) in [6, 6.07) is 22.2. The molecule has 152 valence electrons. The molecule has 1 aromatic heterocycles. The number of sulfone groups is 1. The number of nitrogens with one attached hydrogen (secondary N) is 2. The van der Waals surface area contributed by atoms with Crippen molar-refractivity contribution in [2.24, 2.45) is 0 Å². The summed E-state index contributed by atoms with van der Waals surface area (Å²) in [4.78, 5) is 3.56. The molecule has 5 nitrogen and oxygen atoms in total. The number of aromatic nitrogens is 1. The fraction of sp³-hybridized carbons (Fsp3) is 0.125. The van der Waals surface area contributed by atoms with E-state index in [9.17, 15) is 8.42 Å². The molecule has 6 heteroatoms. The number of benzene rings is 3. The number of rotatable bonds is 6. The molecule has 3 aromatic carbocycles. The Morgan fingerprint density at radius 1 is 0.967 bits per heavy atom. The van der Waals surface area contributed by atoms with E-state index < -0.39 is 9.84 Å². The number of aryl methyl sites for hydroxylation is 1. The Hall–Kier alpha value is -3.38. The molecule has 0 spiro atoms. The Bertz CT molecular complexity index is 1290. The predicted molar refractivity (Wildman–Crippen MR) is 117 cm³/mol. The third-order valence-corrected chi connectivity index (χ3v) is 6.83. The zero-order valence-electron chi connectivity index (χ0n) is 16.8. The Kier molecular flexibility index (Phi) is 5.42. The van der Waals surface area contributed by atoms with Gasteiger partial charge in [0, 0.05) is 12.6 Å². The lowest BCUT2D eigenvalue weighted by Crippen LogP contribution is -2.15. The van der Waals surface area contributed by atoms with E-state index in [2.05, 4.69) is 10.3 Å². The van der Waals surface area contributed by atoms with E-state index in [1.807, 2.05) is 49.4 Å². The Morgan fingerprint density at radius 3 is 2.40 bits per heavy atom. The summed E-state index contributed by atoms with van der Waals surface area (Å²) in [6.07, 6.45) is 1.55. The predicted octanol–water partition coefficient (Wildman–Crippen LogP) is 4.42. The molecule has 0 bridgehead atoms. The first-order chi connectivity index (χ1) is 14.5. The molecule has 0 saturated carbocycles. The summed E-state index contributed by atoms with van der Waals surface area (Å²) in [7, 11) is -2.13. The topological polar surface area (TPSA) is 69.5 Å². The summed E-state index contributed by atoms with van der Waals surface area (Å²) in [6.45, 7) is 2.53. The van der Waals surface area contributed by atoms with Crippen LogP contribution in [0.3, 0.4) is 0 Å². The van der Waals surface area contributed by atoms with E-state index in [4.69, 9.17) is 4.74 Å². The van der Waals surface area contributed by atoms with Crippen LogP contribution in [0.25, 0.3) is 10.9 Å². The molecular formula is C24H23N2O3S+. The molecule has 0 saturated heterocycles. The normalized spacial score (nSPS) is 11.4.